The lowest BCUT2D eigenvalue weighted by Gasteiger charge is -2.10. The third kappa shape index (κ3) is 5.08. The average Bonchev–Trinajstić information content (AvgIpc) is 3.41. The minimum atomic E-state index is -0.430. The van der Waals surface area contributed by atoms with Gasteiger partial charge in [0.15, 0.2) is 0 Å². The lowest BCUT2D eigenvalue weighted by atomic mass is 10.1. The van der Waals surface area contributed by atoms with Crippen molar-refractivity contribution < 1.29 is 13.6 Å². The molecule has 1 aliphatic rings. The summed E-state index contributed by atoms with van der Waals surface area (Å²) in [5.74, 6) is 5.78. The summed E-state index contributed by atoms with van der Waals surface area (Å²) in [6, 6.07) is 11.1. The van der Waals surface area contributed by atoms with E-state index in [2.05, 4.69) is 22.0 Å². The zero-order chi connectivity index (χ0) is 20.1. The molecule has 146 valence electrons. The second-order valence-corrected chi connectivity index (χ2v) is 6.88. The second kappa shape index (κ2) is 8.70. The fourth-order valence-corrected chi connectivity index (χ4v) is 2.75. The maximum Gasteiger partial charge on any atom is 0.145 e. The Morgan fingerprint density at radius 2 is 2.03 bits per heavy atom. The van der Waals surface area contributed by atoms with E-state index in [1.54, 1.807) is 53.6 Å². The minimum Gasteiger partial charge on any atom is -0.391 e. The highest BCUT2D eigenvalue weighted by Crippen LogP contribution is 2.27. The first-order chi connectivity index (χ1) is 14.2. The fourth-order valence-electron chi connectivity index (χ4n) is 2.75. The van der Waals surface area contributed by atoms with Crippen molar-refractivity contribution in [3.05, 3.63) is 89.5 Å². The molecular formula is C23H19F2N3O. The number of benzene rings is 2. The summed E-state index contributed by atoms with van der Waals surface area (Å²) in [5.41, 5.74) is 1.69. The number of rotatable bonds is 6. The number of imidazole rings is 1. The molecule has 1 fully saturated rings. The average molecular weight is 391 g/mol. The van der Waals surface area contributed by atoms with Gasteiger partial charge in [0.2, 0.25) is 0 Å². The summed E-state index contributed by atoms with van der Waals surface area (Å²) in [4.78, 5) is 9.36. The van der Waals surface area contributed by atoms with E-state index < -0.39 is 5.82 Å². The van der Waals surface area contributed by atoms with Crippen molar-refractivity contribution in [1.29, 1.82) is 0 Å². The first-order valence-electron chi connectivity index (χ1n) is 9.38. The molecule has 2 aromatic carbocycles. The van der Waals surface area contributed by atoms with Crippen LogP contribution in [0.5, 0.6) is 0 Å². The molecule has 4 nitrogen and oxygen atoms in total. The number of halogens is 2. The van der Waals surface area contributed by atoms with Crippen LogP contribution in [-0.4, -0.2) is 15.3 Å². The number of hydrogen-bond donors (Lipinski definition) is 0. The molecule has 1 aromatic heterocycles. The topological polar surface area (TPSA) is 39.4 Å². The molecule has 0 unspecified atom stereocenters. The molecule has 0 aliphatic heterocycles. The molecule has 0 radical (unpaired) electrons. The molecule has 0 atom stereocenters. The van der Waals surface area contributed by atoms with Crippen LogP contribution in [-0.2, 0) is 18.0 Å². The zero-order valence-corrected chi connectivity index (χ0v) is 15.7. The highest BCUT2D eigenvalue weighted by atomic mass is 19.1. The zero-order valence-electron chi connectivity index (χ0n) is 15.7. The van der Waals surface area contributed by atoms with E-state index in [4.69, 9.17) is 4.84 Å². The van der Waals surface area contributed by atoms with Crippen LogP contribution in [0.2, 0.25) is 0 Å². The molecule has 1 saturated carbocycles. The second-order valence-electron chi connectivity index (χ2n) is 6.88. The van der Waals surface area contributed by atoms with E-state index in [9.17, 15) is 8.78 Å². The molecule has 29 heavy (non-hydrogen) atoms. The van der Waals surface area contributed by atoms with Gasteiger partial charge in [-0.2, -0.15) is 0 Å². The van der Waals surface area contributed by atoms with E-state index >= 15 is 0 Å². The molecule has 0 N–H and O–H groups in total. The standard InChI is InChI=1S/C23H19F2N3O/c24-21-4-2-1-3-19(21)15-29-27-23(14-28-12-11-26-16-28)20-10-9-18(13-22(20)25)8-7-17-5-6-17/h1-4,9-13,16-17H,5-6,14-15H2. The van der Waals surface area contributed by atoms with Crippen molar-refractivity contribution in [3.8, 4) is 11.8 Å². The van der Waals surface area contributed by atoms with Gasteiger partial charge < -0.3 is 9.40 Å². The summed E-state index contributed by atoms with van der Waals surface area (Å²) in [6.45, 7) is 0.216. The Labute approximate surface area is 167 Å². The third-order valence-corrected chi connectivity index (χ3v) is 4.52. The van der Waals surface area contributed by atoms with Gasteiger partial charge in [-0.25, -0.2) is 13.8 Å². The van der Waals surface area contributed by atoms with Crippen molar-refractivity contribution >= 4 is 5.71 Å². The molecule has 0 spiro atoms. The summed E-state index contributed by atoms with van der Waals surface area (Å²) in [6.07, 6.45) is 7.23. The Kier molecular flexibility index (Phi) is 5.66. The van der Waals surface area contributed by atoms with Crippen LogP contribution in [0.15, 0.2) is 66.3 Å². The molecular weight excluding hydrogens is 372 g/mol. The summed E-state index contributed by atoms with van der Waals surface area (Å²) in [7, 11) is 0. The van der Waals surface area contributed by atoms with Gasteiger partial charge in [-0.3, -0.25) is 0 Å². The van der Waals surface area contributed by atoms with Gasteiger partial charge in [-0.1, -0.05) is 35.2 Å². The van der Waals surface area contributed by atoms with Crippen LogP contribution in [0.1, 0.15) is 29.5 Å². The van der Waals surface area contributed by atoms with Gasteiger partial charge in [0.25, 0.3) is 0 Å². The molecule has 1 aliphatic carbocycles. The van der Waals surface area contributed by atoms with Crippen LogP contribution in [0.3, 0.4) is 0 Å². The number of hydrogen-bond acceptors (Lipinski definition) is 3. The Bertz CT molecular complexity index is 1080. The normalized spacial score (nSPS) is 13.7. The highest BCUT2D eigenvalue weighted by Gasteiger charge is 2.18. The van der Waals surface area contributed by atoms with Crippen LogP contribution >= 0.6 is 0 Å². The van der Waals surface area contributed by atoms with Crippen molar-refractivity contribution in [3.63, 3.8) is 0 Å². The molecule has 0 saturated heterocycles. The lowest BCUT2D eigenvalue weighted by molar-refractivity contribution is 0.127. The molecule has 4 rings (SSSR count). The molecule has 6 heteroatoms. The minimum absolute atomic E-state index is 0.0489. The Balaban J connectivity index is 1.56. The van der Waals surface area contributed by atoms with Crippen LogP contribution < -0.4 is 0 Å². The van der Waals surface area contributed by atoms with Gasteiger partial charge in [0, 0.05) is 35.0 Å². The maximum atomic E-state index is 14.8. The van der Waals surface area contributed by atoms with Crippen molar-refractivity contribution in [2.75, 3.05) is 0 Å². The monoisotopic (exact) mass is 391 g/mol. The van der Waals surface area contributed by atoms with E-state index in [-0.39, 0.29) is 19.0 Å². The quantitative estimate of drug-likeness (QED) is 0.351. The number of nitrogens with zero attached hydrogens (tertiary/aromatic N) is 3. The van der Waals surface area contributed by atoms with Gasteiger partial charge >= 0.3 is 0 Å². The first kappa shape index (κ1) is 18.9. The predicted octanol–water partition coefficient (Wildman–Crippen LogP) is 4.54. The first-order valence-corrected chi connectivity index (χ1v) is 9.38. The van der Waals surface area contributed by atoms with Crippen LogP contribution in [0, 0.1) is 29.4 Å². The Morgan fingerprint density at radius 1 is 1.17 bits per heavy atom. The molecule has 0 amide bonds. The number of aromatic nitrogens is 2. The van der Waals surface area contributed by atoms with Crippen molar-refractivity contribution in [2.45, 2.75) is 26.0 Å². The largest absolute Gasteiger partial charge is 0.391 e. The van der Waals surface area contributed by atoms with E-state index in [0.29, 0.717) is 28.3 Å². The predicted molar refractivity (Wildman–Crippen MR) is 106 cm³/mol. The van der Waals surface area contributed by atoms with Gasteiger partial charge in [0.1, 0.15) is 24.0 Å². The van der Waals surface area contributed by atoms with E-state index in [1.165, 1.54) is 12.1 Å². The van der Waals surface area contributed by atoms with E-state index in [1.807, 2.05) is 0 Å². The van der Waals surface area contributed by atoms with Gasteiger partial charge in [-0.05, 0) is 37.1 Å². The SMILES string of the molecule is Fc1ccccc1CON=C(Cn1ccnc1)c1ccc(C#CC2CC2)cc1F. The molecule has 0 bridgehead atoms. The Hall–Kier alpha value is -3.46. The lowest BCUT2D eigenvalue weighted by Crippen LogP contribution is -2.13. The van der Waals surface area contributed by atoms with Gasteiger partial charge in [0.05, 0.1) is 12.9 Å². The highest BCUT2D eigenvalue weighted by molar-refractivity contribution is 6.00. The van der Waals surface area contributed by atoms with Gasteiger partial charge in [-0.15, -0.1) is 0 Å². The van der Waals surface area contributed by atoms with Crippen LogP contribution in [0.25, 0.3) is 0 Å². The van der Waals surface area contributed by atoms with Crippen molar-refractivity contribution in [1.82, 2.24) is 9.55 Å². The molecule has 1 heterocycles. The smallest absolute Gasteiger partial charge is 0.145 e. The maximum absolute atomic E-state index is 14.8. The molecule has 3 aromatic rings. The Morgan fingerprint density at radius 3 is 2.76 bits per heavy atom. The van der Waals surface area contributed by atoms with Crippen molar-refractivity contribution in [2.24, 2.45) is 11.1 Å². The van der Waals surface area contributed by atoms with E-state index in [0.717, 1.165) is 12.8 Å². The summed E-state index contributed by atoms with van der Waals surface area (Å²) in [5, 5.41) is 4.11. The summed E-state index contributed by atoms with van der Waals surface area (Å²) < 4.78 is 30.3. The summed E-state index contributed by atoms with van der Waals surface area (Å²) >= 11 is 0. The number of oxime groups is 1. The van der Waals surface area contributed by atoms with Crippen LogP contribution in [0.4, 0.5) is 8.78 Å². The third-order valence-electron chi connectivity index (χ3n) is 4.52. The fraction of sp³-hybridized carbons (Fsp3) is 0.217.